The fraction of sp³-hybridized carbons (Fsp3) is 0.154. The Balaban J connectivity index is 0.00000190. The molecule has 3 aromatic carbocycles. The number of benzene rings is 3. The molecule has 0 aromatic heterocycles. The number of rotatable bonds is 6. The van der Waals surface area contributed by atoms with Crippen LogP contribution in [0.25, 0.3) is 0 Å². The van der Waals surface area contributed by atoms with E-state index in [2.05, 4.69) is 36.6 Å². The smallest absolute Gasteiger partial charge is 0.255 e. The molecule has 0 aliphatic carbocycles. The van der Waals surface area contributed by atoms with Gasteiger partial charge in [0, 0.05) is 46.8 Å². The van der Waals surface area contributed by atoms with Gasteiger partial charge in [-0.1, -0.05) is 6.07 Å². The quantitative estimate of drug-likeness (QED) is 0.291. The summed E-state index contributed by atoms with van der Waals surface area (Å²) in [6, 6.07) is 22.7. The summed E-state index contributed by atoms with van der Waals surface area (Å²) in [6.07, 6.45) is 0. The molecule has 3 aromatic rings. The second-order valence-electron chi connectivity index (χ2n) is 8.08. The van der Waals surface area contributed by atoms with Gasteiger partial charge in [0.15, 0.2) is 5.11 Å². The van der Waals surface area contributed by atoms with Gasteiger partial charge in [0.1, 0.15) is 11.7 Å². The van der Waals surface area contributed by atoms with Gasteiger partial charge in [0.05, 0.1) is 13.1 Å². The number of amidine groups is 2. The van der Waals surface area contributed by atoms with Crippen LogP contribution in [0.3, 0.4) is 0 Å². The number of carbonyl (C=O) groups is 1. The first-order valence-corrected chi connectivity index (χ1v) is 11.8. The molecule has 0 radical (unpaired) electrons. The van der Waals surface area contributed by atoms with E-state index >= 15 is 0 Å². The maximum absolute atomic E-state index is 12.8. The maximum atomic E-state index is 12.8. The normalized spacial score (nSPS) is 13.5. The fourth-order valence-electron chi connectivity index (χ4n) is 3.84. The Labute approximate surface area is 233 Å². The third-order valence-electron chi connectivity index (χ3n) is 5.56. The lowest BCUT2D eigenvalue weighted by Gasteiger charge is -2.12. The van der Waals surface area contributed by atoms with Crippen LogP contribution >= 0.6 is 37.0 Å². The molecule has 0 unspecified atom stereocenters. The third kappa shape index (κ3) is 7.19. The first-order chi connectivity index (χ1) is 17.1. The van der Waals surface area contributed by atoms with Crippen LogP contribution in [0.15, 0.2) is 82.8 Å². The molecule has 0 fully saturated rings. The van der Waals surface area contributed by atoms with Crippen molar-refractivity contribution >= 4 is 76.8 Å². The molecule has 0 saturated carbocycles. The van der Waals surface area contributed by atoms with E-state index in [1.165, 1.54) is 0 Å². The summed E-state index contributed by atoms with van der Waals surface area (Å²) in [5.41, 5.74) is 4.88. The molecule has 5 N–H and O–H groups in total. The summed E-state index contributed by atoms with van der Waals surface area (Å²) >= 11 is 5.46. The van der Waals surface area contributed by atoms with Crippen LogP contribution in [0.5, 0.6) is 0 Å². The van der Waals surface area contributed by atoms with Crippen molar-refractivity contribution < 1.29 is 4.79 Å². The zero-order valence-corrected chi connectivity index (χ0v) is 22.2. The van der Waals surface area contributed by atoms with Crippen molar-refractivity contribution in [2.75, 3.05) is 42.1 Å². The minimum Gasteiger partial charge on any atom is -0.368 e. The van der Waals surface area contributed by atoms with Gasteiger partial charge >= 0.3 is 0 Å². The average Bonchev–Trinajstić information content (AvgIpc) is 3.60. The topological polar surface area (TPSA) is 102 Å². The molecule has 5 rings (SSSR count). The molecule has 0 saturated heterocycles. The Bertz CT molecular complexity index is 1310. The lowest BCUT2D eigenvalue weighted by atomic mass is 10.1. The van der Waals surface area contributed by atoms with Crippen LogP contribution in [-0.4, -0.2) is 48.9 Å². The van der Waals surface area contributed by atoms with Crippen molar-refractivity contribution in [3.8, 4) is 0 Å². The molecular weight excluding hydrogens is 529 g/mol. The zero-order valence-electron chi connectivity index (χ0n) is 19.8. The number of halogens is 2. The summed E-state index contributed by atoms with van der Waals surface area (Å²) in [7, 11) is 0. The van der Waals surface area contributed by atoms with Crippen molar-refractivity contribution in [2.24, 2.45) is 9.98 Å². The number of nitrogens with one attached hydrogen (secondary N) is 5. The highest BCUT2D eigenvalue weighted by Gasteiger charge is 2.11. The molecule has 0 atom stereocenters. The van der Waals surface area contributed by atoms with Crippen molar-refractivity contribution in [1.82, 2.24) is 10.6 Å². The van der Waals surface area contributed by atoms with Crippen molar-refractivity contribution in [2.45, 2.75) is 0 Å². The maximum Gasteiger partial charge on any atom is 0.255 e. The highest BCUT2D eigenvalue weighted by molar-refractivity contribution is 7.80. The van der Waals surface area contributed by atoms with Gasteiger partial charge in [-0.05, 0) is 78.9 Å². The van der Waals surface area contributed by atoms with E-state index < -0.39 is 0 Å². The van der Waals surface area contributed by atoms with Crippen LogP contribution in [0, 0.1) is 0 Å². The summed E-state index contributed by atoms with van der Waals surface area (Å²) in [4.78, 5) is 21.6. The predicted molar refractivity (Wildman–Crippen MR) is 160 cm³/mol. The lowest BCUT2D eigenvalue weighted by molar-refractivity contribution is 0.102. The number of thiocarbonyl (C=S) groups is 1. The number of hydrogen-bond acceptors (Lipinski definition) is 6. The number of nitrogens with zero attached hydrogens (tertiary/aromatic N) is 2. The molecule has 11 heteroatoms. The number of aliphatic imine (C=N–C) groups is 2. The van der Waals surface area contributed by atoms with Crippen molar-refractivity contribution in [1.29, 1.82) is 0 Å². The van der Waals surface area contributed by atoms with E-state index in [0.717, 1.165) is 66.0 Å². The van der Waals surface area contributed by atoms with Crippen LogP contribution in [0.2, 0.25) is 0 Å². The Hall–Kier alpha value is -3.66. The van der Waals surface area contributed by atoms with Gasteiger partial charge in [-0.2, -0.15) is 0 Å². The first kappa shape index (κ1) is 27.9. The largest absolute Gasteiger partial charge is 0.368 e. The molecule has 2 aliphatic rings. The molecule has 2 heterocycles. The first-order valence-electron chi connectivity index (χ1n) is 11.4. The molecule has 2 aliphatic heterocycles. The van der Waals surface area contributed by atoms with E-state index in [-0.39, 0.29) is 30.7 Å². The monoisotopic (exact) mass is 555 g/mol. The Kier molecular flexibility index (Phi) is 9.85. The predicted octanol–water partition coefficient (Wildman–Crippen LogP) is 4.29. The van der Waals surface area contributed by atoms with Gasteiger partial charge in [-0.3, -0.25) is 14.8 Å². The summed E-state index contributed by atoms with van der Waals surface area (Å²) in [5, 5.41) is 16.2. The third-order valence-corrected chi connectivity index (χ3v) is 5.77. The number of hydrogen-bond donors (Lipinski definition) is 5. The van der Waals surface area contributed by atoms with E-state index in [0.29, 0.717) is 10.7 Å². The van der Waals surface area contributed by atoms with Gasteiger partial charge in [0.2, 0.25) is 0 Å². The molecular formula is C26H27Cl2N7OS. The summed E-state index contributed by atoms with van der Waals surface area (Å²) < 4.78 is 0. The van der Waals surface area contributed by atoms with Gasteiger partial charge in [-0.25, -0.2) is 0 Å². The average molecular weight is 557 g/mol. The van der Waals surface area contributed by atoms with Gasteiger partial charge in [-0.15, -0.1) is 24.8 Å². The lowest BCUT2D eigenvalue weighted by Crippen LogP contribution is -2.21. The van der Waals surface area contributed by atoms with Crippen LogP contribution in [0.1, 0.15) is 21.5 Å². The second-order valence-corrected chi connectivity index (χ2v) is 8.49. The minimum absolute atomic E-state index is 0. The van der Waals surface area contributed by atoms with E-state index in [9.17, 15) is 4.79 Å². The Morgan fingerprint density at radius 1 is 0.703 bits per heavy atom. The van der Waals surface area contributed by atoms with Crippen LogP contribution < -0.4 is 26.6 Å². The Morgan fingerprint density at radius 3 is 1.73 bits per heavy atom. The highest BCUT2D eigenvalue weighted by Crippen LogP contribution is 2.16. The summed E-state index contributed by atoms with van der Waals surface area (Å²) in [5.74, 6) is 1.61. The zero-order chi connectivity index (χ0) is 24.0. The molecule has 1 amide bonds. The second kappa shape index (κ2) is 13.0. The Morgan fingerprint density at radius 2 is 1.22 bits per heavy atom. The molecule has 192 valence electrons. The van der Waals surface area contributed by atoms with Crippen molar-refractivity contribution in [3.05, 3.63) is 89.5 Å². The molecule has 37 heavy (non-hydrogen) atoms. The summed E-state index contributed by atoms with van der Waals surface area (Å²) in [6.45, 7) is 3.33. The van der Waals surface area contributed by atoms with E-state index in [4.69, 9.17) is 12.2 Å². The van der Waals surface area contributed by atoms with Gasteiger partial charge < -0.3 is 26.6 Å². The van der Waals surface area contributed by atoms with Crippen molar-refractivity contribution in [3.63, 3.8) is 0 Å². The van der Waals surface area contributed by atoms with E-state index in [1.54, 1.807) is 12.1 Å². The standard InChI is InChI=1S/C26H25N7OS.2ClH/c34-25(31-20-8-4-17(5-9-20)23-27-12-13-28-23)19-2-1-3-22(16-19)33-26(35)32-21-10-6-18(7-11-21)24-29-14-15-30-24;;/h1-11,16H,12-15H2,(H,27,28)(H,29,30)(H,31,34)(H2,32,33,35);2*1H. The molecule has 0 spiro atoms. The minimum atomic E-state index is -0.198. The molecule has 8 nitrogen and oxygen atoms in total. The number of amides is 1. The van der Waals surface area contributed by atoms with Gasteiger partial charge in [0.25, 0.3) is 5.91 Å². The number of carbonyl (C=O) groups excluding carboxylic acids is 1. The van der Waals surface area contributed by atoms with Crippen LogP contribution in [-0.2, 0) is 0 Å². The highest BCUT2D eigenvalue weighted by atomic mass is 35.5. The van der Waals surface area contributed by atoms with Crippen LogP contribution in [0.4, 0.5) is 17.1 Å². The molecule has 0 bridgehead atoms. The number of anilines is 3. The SMILES string of the molecule is Cl.Cl.O=C(Nc1ccc(C2=NCCN2)cc1)c1cccc(NC(=S)Nc2ccc(C3=NCCN3)cc2)c1. The fourth-order valence-corrected chi connectivity index (χ4v) is 4.08. The van der Waals surface area contributed by atoms with E-state index in [1.807, 2.05) is 60.7 Å².